The first-order valence-electron chi connectivity index (χ1n) is 6.72. The van der Waals surface area contributed by atoms with E-state index in [-0.39, 0.29) is 52.7 Å². The van der Waals surface area contributed by atoms with E-state index in [0.717, 1.165) is 6.42 Å². The molecule has 4 nitrogen and oxygen atoms in total. The summed E-state index contributed by atoms with van der Waals surface area (Å²) in [5.74, 6) is -1.26. The Morgan fingerprint density at radius 1 is 1.24 bits per heavy atom. The topological polar surface area (TPSA) is 66.4 Å². The van der Waals surface area contributed by atoms with Crippen LogP contribution in [0.3, 0.4) is 0 Å². The number of carbonyl (C=O) groups excluding carboxylic acids is 2. The summed E-state index contributed by atoms with van der Waals surface area (Å²) in [6.07, 6.45) is 1.14. The number of esters is 1. The van der Waals surface area contributed by atoms with Gasteiger partial charge in [0, 0.05) is 5.56 Å². The molecule has 0 aliphatic carbocycles. The van der Waals surface area contributed by atoms with E-state index >= 15 is 0 Å². The SMILES string of the molecule is CC(C)CC(C)(C)CC(=O)Oc1ccccc1C(=O)[O-].[Na+]. The number of hydrogen-bond acceptors (Lipinski definition) is 4. The largest absolute Gasteiger partial charge is 1.00 e. The fourth-order valence-corrected chi connectivity index (χ4v) is 2.45. The molecule has 0 fully saturated rings. The number of rotatable bonds is 6. The van der Waals surface area contributed by atoms with Crippen LogP contribution in [0.15, 0.2) is 24.3 Å². The van der Waals surface area contributed by atoms with Crippen molar-refractivity contribution >= 4 is 11.9 Å². The number of hydrogen-bond donors (Lipinski definition) is 0. The standard InChI is InChI=1S/C16H22O4.Na/c1-11(2)9-16(3,4)10-14(17)20-13-8-6-5-7-12(13)15(18)19;/h5-8,11H,9-10H2,1-4H3,(H,18,19);/q;+1/p-1. The number of ether oxygens (including phenoxy) is 1. The van der Waals surface area contributed by atoms with E-state index in [0.29, 0.717) is 5.92 Å². The number of aromatic carboxylic acids is 1. The maximum Gasteiger partial charge on any atom is 1.00 e. The van der Waals surface area contributed by atoms with E-state index in [1.165, 1.54) is 12.1 Å². The third kappa shape index (κ3) is 7.11. The molecule has 0 N–H and O–H groups in total. The van der Waals surface area contributed by atoms with Crippen LogP contribution in [0, 0.1) is 11.3 Å². The Morgan fingerprint density at radius 3 is 2.33 bits per heavy atom. The summed E-state index contributed by atoms with van der Waals surface area (Å²) < 4.78 is 5.16. The molecule has 5 heteroatoms. The van der Waals surface area contributed by atoms with Crippen molar-refractivity contribution in [2.24, 2.45) is 11.3 Å². The van der Waals surface area contributed by atoms with Gasteiger partial charge in [-0.15, -0.1) is 0 Å². The van der Waals surface area contributed by atoms with Gasteiger partial charge in [-0.25, -0.2) is 0 Å². The first-order chi connectivity index (χ1) is 9.21. The zero-order valence-electron chi connectivity index (χ0n) is 13.4. The smallest absolute Gasteiger partial charge is 0.545 e. The molecule has 1 rings (SSSR count). The van der Waals surface area contributed by atoms with Crippen LogP contribution < -0.4 is 39.4 Å². The van der Waals surface area contributed by atoms with Gasteiger partial charge in [0.05, 0.1) is 12.4 Å². The molecule has 0 spiro atoms. The van der Waals surface area contributed by atoms with Crippen molar-refractivity contribution in [2.45, 2.75) is 40.5 Å². The van der Waals surface area contributed by atoms with Crippen LogP contribution >= 0.6 is 0 Å². The van der Waals surface area contributed by atoms with Crippen molar-refractivity contribution in [1.82, 2.24) is 0 Å². The molecule has 21 heavy (non-hydrogen) atoms. The molecular formula is C16H21NaO4. The Labute approximate surface area is 148 Å². The molecule has 1 aromatic rings. The second-order valence-corrected chi connectivity index (χ2v) is 6.20. The molecule has 0 amide bonds. The minimum absolute atomic E-state index is 0. The van der Waals surface area contributed by atoms with Crippen LogP contribution in [0.4, 0.5) is 0 Å². The molecule has 0 radical (unpaired) electrons. The number of carbonyl (C=O) groups is 2. The molecule has 0 aromatic heterocycles. The molecule has 0 atom stereocenters. The summed E-state index contributed by atoms with van der Waals surface area (Å²) in [4.78, 5) is 22.9. The Bertz CT molecular complexity index is 495. The number of para-hydroxylation sites is 1. The van der Waals surface area contributed by atoms with Gasteiger partial charge in [-0.05, 0) is 29.9 Å². The minimum Gasteiger partial charge on any atom is -0.545 e. The van der Waals surface area contributed by atoms with Gasteiger partial charge in [-0.2, -0.15) is 0 Å². The van der Waals surface area contributed by atoms with Crippen molar-refractivity contribution in [2.75, 3.05) is 0 Å². The average molecular weight is 300 g/mol. The normalized spacial score (nSPS) is 10.9. The maximum atomic E-state index is 11.9. The third-order valence-corrected chi connectivity index (χ3v) is 2.91. The molecule has 0 heterocycles. The van der Waals surface area contributed by atoms with Gasteiger partial charge in [0.25, 0.3) is 0 Å². The van der Waals surface area contributed by atoms with E-state index in [9.17, 15) is 14.7 Å². The summed E-state index contributed by atoms with van der Waals surface area (Å²) >= 11 is 0. The summed E-state index contributed by atoms with van der Waals surface area (Å²) in [6.45, 7) is 8.19. The molecular weight excluding hydrogens is 279 g/mol. The van der Waals surface area contributed by atoms with Gasteiger partial charge >= 0.3 is 35.5 Å². The zero-order valence-corrected chi connectivity index (χ0v) is 15.4. The Morgan fingerprint density at radius 2 is 1.81 bits per heavy atom. The van der Waals surface area contributed by atoms with Gasteiger partial charge in [0.1, 0.15) is 5.75 Å². The zero-order chi connectivity index (χ0) is 15.3. The van der Waals surface area contributed by atoms with Crippen LogP contribution in [0.5, 0.6) is 5.75 Å². The van der Waals surface area contributed by atoms with E-state index < -0.39 is 11.9 Å². The maximum absolute atomic E-state index is 11.9. The van der Waals surface area contributed by atoms with Crippen molar-refractivity contribution in [3.63, 3.8) is 0 Å². The first-order valence-corrected chi connectivity index (χ1v) is 6.72. The van der Waals surface area contributed by atoms with Gasteiger partial charge < -0.3 is 14.6 Å². The summed E-state index contributed by atoms with van der Waals surface area (Å²) in [5, 5.41) is 10.9. The van der Waals surface area contributed by atoms with Crippen LogP contribution in [0.1, 0.15) is 50.9 Å². The molecule has 0 saturated heterocycles. The summed E-state index contributed by atoms with van der Waals surface area (Å²) in [5.41, 5.74) is -0.288. The van der Waals surface area contributed by atoms with Gasteiger partial charge in [0.2, 0.25) is 0 Å². The van der Waals surface area contributed by atoms with Crippen molar-refractivity contribution in [3.05, 3.63) is 29.8 Å². The Balaban J connectivity index is 0.00000400. The summed E-state index contributed by atoms with van der Waals surface area (Å²) in [6, 6.07) is 6.00. The second-order valence-electron chi connectivity index (χ2n) is 6.20. The van der Waals surface area contributed by atoms with Crippen LogP contribution in [-0.2, 0) is 4.79 Å². The molecule has 110 valence electrons. The van der Waals surface area contributed by atoms with Crippen LogP contribution in [0.25, 0.3) is 0 Å². The quantitative estimate of drug-likeness (QED) is 0.401. The average Bonchev–Trinajstić information content (AvgIpc) is 2.26. The van der Waals surface area contributed by atoms with Crippen molar-refractivity contribution < 1.29 is 49.0 Å². The molecule has 0 saturated carbocycles. The van der Waals surface area contributed by atoms with Gasteiger partial charge in [-0.3, -0.25) is 4.79 Å². The van der Waals surface area contributed by atoms with Crippen molar-refractivity contribution in [3.8, 4) is 5.75 Å². The van der Waals surface area contributed by atoms with Crippen LogP contribution in [0.2, 0.25) is 0 Å². The Kier molecular flexibility index (Phi) is 8.22. The van der Waals surface area contributed by atoms with Crippen LogP contribution in [-0.4, -0.2) is 11.9 Å². The molecule has 1 aromatic carbocycles. The van der Waals surface area contributed by atoms with Crippen molar-refractivity contribution in [1.29, 1.82) is 0 Å². The second kappa shape index (κ2) is 8.57. The molecule has 0 bridgehead atoms. The third-order valence-electron chi connectivity index (χ3n) is 2.91. The number of carboxylic acids is 1. The van der Waals surface area contributed by atoms with E-state index in [1.807, 2.05) is 13.8 Å². The van der Waals surface area contributed by atoms with E-state index in [1.54, 1.807) is 12.1 Å². The van der Waals surface area contributed by atoms with E-state index in [4.69, 9.17) is 4.74 Å². The molecule has 0 unspecified atom stereocenters. The summed E-state index contributed by atoms with van der Waals surface area (Å²) in [7, 11) is 0. The van der Waals surface area contributed by atoms with Gasteiger partial charge in [-0.1, -0.05) is 39.8 Å². The fraction of sp³-hybridized carbons (Fsp3) is 0.500. The predicted molar refractivity (Wildman–Crippen MR) is 74.3 cm³/mol. The van der Waals surface area contributed by atoms with E-state index in [2.05, 4.69) is 13.8 Å². The monoisotopic (exact) mass is 300 g/mol. The Hall–Kier alpha value is -0.840. The minimum atomic E-state index is -1.35. The van der Waals surface area contributed by atoms with Gasteiger partial charge in [0.15, 0.2) is 0 Å². The fourth-order valence-electron chi connectivity index (χ4n) is 2.45. The molecule has 0 aliphatic rings. The number of carboxylic acid groups (broad SMARTS) is 1. The molecule has 0 aliphatic heterocycles. The predicted octanol–water partition coefficient (Wildman–Crippen LogP) is -0.578. The first kappa shape index (κ1) is 20.2. The number of benzene rings is 1.